The largest absolute Gasteiger partial charge is 0.459 e. The number of carbonyl (C=O) groups excluding carboxylic acids is 1. The number of piperazine rings is 1. The molecule has 0 spiro atoms. The van der Waals surface area contributed by atoms with Gasteiger partial charge in [-0.05, 0) is 18.6 Å². The average Bonchev–Trinajstić information content (AvgIpc) is 3.33. The summed E-state index contributed by atoms with van der Waals surface area (Å²) in [6.07, 6.45) is 4.61. The number of rotatable bonds is 9. The van der Waals surface area contributed by atoms with Crippen LogP contribution in [0.1, 0.15) is 42.0 Å². The van der Waals surface area contributed by atoms with Gasteiger partial charge in [0.1, 0.15) is 0 Å². The normalized spacial score (nSPS) is 16.0. The highest BCUT2D eigenvalue weighted by Gasteiger charge is 2.19. The van der Waals surface area contributed by atoms with E-state index in [1.807, 2.05) is 0 Å². The molecule has 26 heavy (non-hydrogen) atoms. The lowest BCUT2D eigenvalue weighted by molar-refractivity contribution is 0.0902. The second-order valence-electron chi connectivity index (χ2n) is 6.56. The number of nitrogens with zero attached hydrogens (tertiary/aromatic N) is 4. The lowest BCUT2D eigenvalue weighted by Gasteiger charge is -2.33. The quantitative estimate of drug-likeness (QED) is 0.725. The molecule has 1 N–H and O–H groups in total. The first-order valence-corrected chi connectivity index (χ1v) is 9.32. The summed E-state index contributed by atoms with van der Waals surface area (Å²) < 4.78 is 10.4. The minimum atomic E-state index is -0.163. The Morgan fingerprint density at radius 2 is 2.08 bits per heavy atom. The lowest BCUT2D eigenvalue weighted by atomic mass is 10.2. The predicted molar refractivity (Wildman–Crippen MR) is 95.7 cm³/mol. The number of carbonyl (C=O) groups is 1. The molecule has 0 bridgehead atoms. The molecule has 0 radical (unpaired) electrons. The first-order chi connectivity index (χ1) is 12.7. The summed E-state index contributed by atoms with van der Waals surface area (Å²) in [5.41, 5.74) is 0. The third-order valence-corrected chi connectivity index (χ3v) is 4.55. The summed E-state index contributed by atoms with van der Waals surface area (Å²) in [6, 6.07) is 3.38. The highest BCUT2D eigenvalue weighted by atomic mass is 16.5. The molecule has 1 aliphatic rings. The van der Waals surface area contributed by atoms with Crippen molar-refractivity contribution in [3.8, 4) is 0 Å². The number of aromatic nitrogens is 2. The van der Waals surface area contributed by atoms with Gasteiger partial charge in [-0.2, -0.15) is 4.98 Å². The number of furan rings is 1. The standard InChI is InChI=1S/C18H27N5O3/c1-2-3-6-16-20-17(26-21-16)14-23-11-9-22(10-12-23)8-7-19-18(24)15-5-4-13-25-15/h4-5,13H,2-3,6-12,14H2,1H3,(H,19,24). The second-order valence-corrected chi connectivity index (χ2v) is 6.56. The molecule has 1 aliphatic heterocycles. The van der Waals surface area contributed by atoms with Crippen LogP contribution in [0, 0.1) is 0 Å². The maximum Gasteiger partial charge on any atom is 0.287 e. The SMILES string of the molecule is CCCCc1noc(CN2CCN(CCNC(=O)c3ccco3)CC2)n1. The molecule has 8 heteroatoms. The third kappa shape index (κ3) is 5.40. The lowest BCUT2D eigenvalue weighted by Crippen LogP contribution is -2.48. The van der Waals surface area contributed by atoms with Crippen molar-refractivity contribution in [2.24, 2.45) is 0 Å². The van der Waals surface area contributed by atoms with Gasteiger partial charge >= 0.3 is 0 Å². The Morgan fingerprint density at radius 3 is 2.81 bits per heavy atom. The van der Waals surface area contributed by atoms with Crippen LogP contribution in [0.2, 0.25) is 0 Å². The van der Waals surface area contributed by atoms with Crippen LogP contribution in [0.4, 0.5) is 0 Å². The molecule has 0 aliphatic carbocycles. The van der Waals surface area contributed by atoms with E-state index in [0.717, 1.165) is 57.8 Å². The Labute approximate surface area is 153 Å². The zero-order chi connectivity index (χ0) is 18.2. The summed E-state index contributed by atoms with van der Waals surface area (Å²) >= 11 is 0. The van der Waals surface area contributed by atoms with Gasteiger partial charge in [0.25, 0.3) is 5.91 Å². The van der Waals surface area contributed by atoms with Gasteiger partial charge in [-0.3, -0.25) is 14.6 Å². The minimum absolute atomic E-state index is 0.163. The Kier molecular flexibility index (Phi) is 6.79. The Balaban J connectivity index is 1.32. The van der Waals surface area contributed by atoms with E-state index in [-0.39, 0.29) is 5.91 Å². The van der Waals surface area contributed by atoms with Gasteiger partial charge in [0, 0.05) is 45.7 Å². The molecule has 2 aromatic rings. The topological polar surface area (TPSA) is 87.6 Å². The zero-order valence-electron chi connectivity index (χ0n) is 15.3. The fourth-order valence-corrected chi connectivity index (χ4v) is 2.98. The van der Waals surface area contributed by atoms with Crippen LogP contribution in [0.15, 0.2) is 27.3 Å². The molecule has 1 fully saturated rings. The van der Waals surface area contributed by atoms with Crippen molar-refractivity contribution in [2.45, 2.75) is 32.7 Å². The van der Waals surface area contributed by atoms with Crippen LogP contribution < -0.4 is 5.32 Å². The van der Waals surface area contributed by atoms with Crippen molar-refractivity contribution in [3.63, 3.8) is 0 Å². The molecule has 0 saturated carbocycles. The van der Waals surface area contributed by atoms with Crippen LogP contribution >= 0.6 is 0 Å². The number of aryl methyl sites for hydroxylation is 1. The van der Waals surface area contributed by atoms with E-state index in [1.54, 1.807) is 12.1 Å². The molecule has 1 saturated heterocycles. The van der Waals surface area contributed by atoms with Crippen molar-refractivity contribution in [1.82, 2.24) is 25.3 Å². The molecule has 142 valence electrons. The predicted octanol–water partition coefficient (Wildman–Crippen LogP) is 1.55. The smallest absolute Gasteiger partial charge is 0.287 e. The molecular formula is C18H27N5O3. The van der Waals surface area contributed by atoms with Crippen LogP contribution in [0.5, 0.6) is 0 Å². The summed E-state index contributed by atoms with van der Waals surface area (Å²) in [7, 11) is 0. The van der Waals surface area contributed by atoms with E-state index in [2.05, 4.69) is 32.2 Å². The van der Waals surface area contributed by atoms with Crippen LogP contribution in [0.3, 0.4) is 0 Å². The fraction of sp³-hybridized carbons (Fsp3) is 0.611. The third-order valence-electron chi connectivity index (χ3n) is 4.55. The number of amides is 1. The van der Waals surface area contributed by atoms with Gasteiger partial charge in [0.15, 0.2) is 11.6 Å². The van der Waals surface area contributed by atoms with Crippen LogP contribution in [-0.2, 0) is 13.0 Å². The molecule has 0 atom stereocenters. The molecule has 3 heterocycles. The monoisotopic (exact) mass is 361 g/mol. The zero-order valence-corrected chi connectivity index (χ0v) is 15.3. The molecule has 1 amide bonds. The molecule has 0 aromatic carbocycles. The van der Waals surface area contributed by atoms with Gasteiger partial charge in [0.05, 0.1) is 12.8 Å². The molecule has 2 aromatic heterocycles. The van der Waals surface area contributed by atoms with Crippen molar-refractivity contribution in [1.29, 1.82) is 0 Å². The van der Waals surface area contributed by atoms with Gasteiger partial charge in [-0.15, -0.1) is 0 Å². The van der Waals surface area contributed by atoms with E-state index < -0.39 is 0 Å². The van der Waals surface area contributed by atoms with Crippen molar-refractivity contribution in [3.05, 3.63) is 35.9 Å². The first kappa shape index (κ1) is 18.6. The Hall–Kier alpha value is -2.19. The van der Waals surface area contributed by atoms with Crippen molar-refractivity contribution in [2.75, 3.05) is 39.3 Å². The minimum Gasteiger partial charge on any atom is -0.459 e. The average molecular weight is 361 g/mol. The highest BCUT2D eigenvalue weighted by molar-refractivity contribution is 5.91. The Bertz CT molecular complexity index is 662. The number of unbranched alkanes of at least 4 members (excludes halogenated alkanes) is 1. The maximum absolute atomic E-state index is 11.8. The van der Waals surface area contributed by atoms with Crippen LogP contribution in [0.25, 0.3) is 0 Å². The van der Waals surface area contributed by atoms with Crippen molar-refractivity contribution < 1.29 is 13.7 Å². The van der Waals surface area contributed by atoms with Gasteiger partial charge in [-0.1, -0.05) is 18.5 Å². The molecular weight excluding hydrogens is 334 g/mol. The fourth-order valence-electron chi connectivity index (χ4n) is 2.98. The molecule has 3 rings (SSSR count). The van der Waals surface area contributed by atoms with E-state index in [0.29, 0.717) is 24.7 Å². The summed E-state index contributed by atoms with van der Waals surface area (Å²) in [4.78, 5) is 21.0. The maximum atomic E-state index is 11.8. The van der Waals surface area contributed by atoms with E-state index >= 15 is 0 Å². The van der Waals surface area contributed by atoms with E-state index in [9.17, 15) is 4.79 Å². The van der Waals surface area contributed by atoms with E-state index in [4.69, 9.17) is 8.94 Å². The Morgan fingerprint density at radius 1 is 1.27 bits per heavy atom. The summed E-state index contributed by atoms with van der Waals surface area (Å²) in [5, 5.41) is 6.92. The van der Waals surface area contributed by atoms with Crippen LogP contribution in [-0.4, -0.2) is 65.1 Å². The molecule has 8 nitrogen and oxygen atoms in total. The van der Waals surface area contributed by atoms with Gasteiger partial charge < -0.3 is 14.3 Å². The highest BCUT2D eigenvalue weighted by Crippen LogP contribution is 2.08. The van der Waals surface area contributed by atoms with Gasteiger partial charge in [0.2, 0.25) is 5.89 Å². The number of hydrogen-bond acceptors (Lipinski definition) is 7. The number of nitrogens with one attached hydrogen (secondary N) is 1. The summed E-state index contributed by atoms with van der Waals surface area (Å²) in [5.74, 6) is 1.71. The second kappa shape index (κ2) is 9.49. The first-order valence-electron chi connectivity index (χ1n) is 9.32. The molecule has 0 unspecified atom stereocenters. The van der Waals surface area contributed by atoms with E-state index in [1.165, 1.54) is 6.26 Å². The van der Waals surface area contributed by atoms with Gasteiger partial charge in [-0.25, -0.2) is 0 Å². The number of hydrogen-bond donors (Lipinski definition) is 1. The van der Waals surface area contributed by atoms with Crippen molar-refractivity contribution >= 4 is 5.91 Å². The summed E-state index contributed by atoms with van der Waals surface area (Å²) in [6.45, 7) is 8.16.